The second-order valence-corrected chi connectivity index (χ2v) is 5.61. The maximum absolute atomic E-state index is 13.4. The molecular formula is C17H16BrFO2. The first-order valence-electron chi connectivity index (χ1n) is 6.76. The maximum Gasteiger partial charge on any atom is 0.202 e. The summed E-state index contributed by atoms with van der Waals surface area (Å²) in [6.07, 6.45) is 0.261. The van der Waals surface area contributed by atoms with Gasteiger partial charge in [0.2, 0.25) is 5.78 Å². The standard InChI is InChI=1S/C17H16BrFO2/c1-3-12-4-6-13(7-5-12)17(20)11(2)21-14-8-9-15(18)16(19)10-14/h4-11H,3H2,1-2H3. The van der Waals surface area contributed by atoms with Gasteiger partial charge in [-0.15, -0.1) is 0 Å². The number of aryl methyl sites for hydroxylation is 1. The molecule has 0 saturated carbocycles. The quantitative estimate of drug-likeness (QED) is 0.724. The number of rotatable bonds is 5. The second kappa shape index (κ2) is 6.85. The van der Waals surface area contributed by atoms with Gasteiger partial charge < -0.3 is 4.74 Å². The molecule has 0 aliphatic heterocycles. The maximum atomic E-state index is 13.4. The lowest BCUT2D eigenvalue weighted by atomic mass is 10.0. The molecule has 2 aromatic rings. The summed E-state index contributed by atoms with van der Waals surface area (Å²) >= 11 is 3.08. The Bertz CT molecular complexity index is 638. The van der Waals surface area contributed by atoms with Crippen LogP contribution in [-0.2, 0) is 6.42 Å². The van der Waals surface area contributed by atoms with Crippen LogP contribution < -0.4 is 4.74 Å². The minimum absolute atomic E-state index is 0.124. The first-order chi connectivity index (χ1) is 10.0. The van der Waals surface area contributed by atoms with E-state index in [0.717, 1.165) is 6.42 Å². The van der Waals surface area contributed by atoms with Crippen LogP contribution in [-0.4, -0.2) is 11.9 Å². The van der Waals surface area contributed by atoms with Gasteiger partial charge in [-0.3, -0.25) is 4.79 Å². The van der Waals surface area contributed by atoms with Gasteiger partial charge in [-0.25, -0.2) is 4.39 Å². The van der Waals surface area contributed by atoms with Crippen LogP contribution in [0.15, 0.2) is 46.9 Å². The molecule has 2 nitrogen and oxygen atoms in total. The number of hydrogen-bond acceptors (Lipinski definition) is 2. The van der Waals surface area contributed by atoms with Crippen molar-refractivity contribution in [3.05, 3.63) is 63.9 Å². The monoisotopic (exact) mass is 350 g/mol. The lowest BCUT2D eigenvalue weighted by Crippen LogP contribution is -2.23. The van der Waals surface area contributed by atoms with Gasteiger partial charge in [0.25, 0.3) is 0 Å². The Morgan fingerprint density at radius 1 is 1.24 bits per heavy atom. The Balaban J connectivity index is 2.09. The van der Waals surface area contributed by atoms with Crippen molar-refractivity contribution in [3.63, 3.8) is 0 Å². The molecule has 0 aliphatic carbocycles. The molecule has 0 aromatic heterocycles. The molecule has 0 aliphatic rings. The van der Waals surface area contributed by atoms with E-state index in [1.165, 1.54) is 11.6 Å². The predicted octanol–water partition coefficient (Wildman–Crippen LogP) is 4.80. The molecule has 0 radical (unpaired) electrons. The smallest absolute Gasteiger partial charge is 0.202 e. The average Bonchev–Trinajstić information content (AvgIpc) is 2.50. The summed E-state index contributed by atoms with van der Waals surface area (Å²) in [4.78, 5) is 12.3. The van der Waals surface area contributed by atoms with E-state index in [1.54, 1.807) is 31.2 Å². The van der Waals surface area contributed by atoms with Gasteiger partial charge in [0.15, 0.2) is 6.10 Å². The normalized spacial score (nSPS) is 12.0. The molecule has 0 amide bonds. The third kappa shape index (κ3) is 3.91. The van der Waals surface area contributed by atoms with Gasteiger partial charge in [0.05, 0.1) is 4.47 Å². The van der Waals surface area contributed by atoms with Crippen LogP contribution in [0.3, 0.4) is 0 Å². The molecule has 2 aromatic carbocycles. The molecule has 21 heavy (non-hydrogen) atoms. The Kier molecular flexibility index (Phi) is 5.12. The fourth-order valence-electron chi connectivity index (χ4n) is 1.95. The molecular weight excluding hydrogens is 335 g/mol. The largest absolute Gasteiger partial charge is 0.482 e. The number of ketones is 1. The van der Waals surface area contributed by atoms with E-state index >= 15 is 0 Å². The number of halogens is 2. The zero-order valence-electron chi connectivity index (χ0n) is 11.9. The van der Waals surface area contributed by atoms with E-state index in [0.29, 0.717) is 15.8 Å². The number of carbonyl (C=O) groups excluding carboxylic acids is 1. The second-order valence-electron chi connectivity index (χ2n) is 4.75. The zero-order valence-corrected chi connectivity index (χ0v) is 13.5. The van der Waals surface area contributed by atoms with Crippen molar-refractivity contribution in [2.24, 2.45) is 0 Å². The van der Waals surface area contributed by atoms with Gasteiger partial charge in [-0.05, 0) is 47.0 Å². The van der Waals surface area contributed by atoms with Crippen LogP contribution >= 0.6 is 15.9 Å². The first kappa shape index (κ1) is 15.7. The summed E-state index contributed by atoms with van der Waals surface area (Å²) in [7, 11) is 0. The van der Waals surface area contributed by atoms with Gasteiger partial charge >= 0.3 is 0 Å². The van der Waals surface area contributed by atoms with Crippen molar-refractivity contribution in [3.8, 4) is 5.75 Å². The highest BCUT2D eigenvalue weighted by Crippen LogP contribution is 2.22. The van der Waals surface area contributed by atoms with E-state index in [4.69, 9.17) is 4.74 Å². The number of carbonyl (C=O) groups is 1. The lowest BCUT2D eigenvalue weighted by molar-refractivity contribution is 0.0817. The molecule has 0 N–H and O–H groups in total. The highest BCUT2D eigenvalue weighted by molar-refractivity contribution is 9.10. The van der Waals surface area contributed by atoms with Crippen molar-refractivity contribution in [1.29, 1.82) is 0 Å². The van der Waals surface area contributed by atoms with E-state index in [2.05, 4.69) is 22.9 Å². The van der Waals surface area contributed by atoms with E-state index < -0.39 is 11.9 Å². The summed E-state index contributed by atoms with van der Waals surface area (Å²) in [6, 6.07) is 11.9. The summed E-state index contributed by atoms with van der Waals surface area (Å²) in [5.41, 5.74) is 1.77. The van der Waals surface area contributed by atoms with Crippen molar-refractivity contribution in [2.45, 2.75) is 26.4 Å². The van der Waals surface area contributed by atoms with Crippen LogP contribution in [0.5, 0.6) is 5.75 Å². The van der Waals surface area contributed by atoms with Crippen LogP contribution in [0.25, 0.3) is 0 Å². The number of benzene rings is 2. The molecule has 1 atom stereocenters. The van der Waals surface area contributed by atoms with Gasteiger partial charge in [0, 0.05) is 11.6 Å². The van der Waals surface area contributed by atoms with Crippen molar-refractivity contribution < 1.29 is 13.9 Å². The number of ether oxygens (including phenoxy) is 1. The minimum atomic E-state index is -0.668. The van der Waals surface area contributed by atoms with Gasteiger partial charge in [-0.1, -0.05) is 31.2 Å². The van der Waals surface area contributed by atoms with Crippen LogP contribution in [0, 0.1) is 5.82 Å². The molecule has 1 unspecified atom stereocenters. The Labute approximate surface area is 132 Å². The highest BCUT2D eigenvalue weighted by atomic mass is 79.9. The molecule has 4 heteroatoms. The molecule has 0 fully saturated rings. The summed E-state index contributed by atoms with van der Waals surface area (Å²) in [5.74, 6) is -0.206. The van der Waals surface area contributed by atoms with Gasteiger partial charge in [0.1, 0.15) is 11.6 Å². The highest BCUT2D eigenvalue weighted by Gasteiger charge is 2.17. The van der Waals surface area contributed by atoms with Crippen molar-refractivity contribution in [2.75, 3.05) is 0 Å². The summed E-state index contributed by atoms with van der Waals surface area (Å²) in [6.45, 7) is 3.72. The average molecular weight is 351 g/mol. The van der Waals surface area contributed by atoms with E-state index in [-0.39, 0.29) is 5.78 Å². The van der Waals surface area contributed by atoms with Crippen molar-refractivity contribution >= 4 is 21.7 Å². The molecule has 0 heterocycles. The first-order valence-corrected chi connectivity index (χ1v) is 7.55. The van der Waals surface area contributed by atoms with E-state index in [1.807, 2.05) is 12.1 Å². The number of hydrogen-bond donors (Lipinski definition) is 0. The van der Waals surface area contributed by atoms with Crippen LogP contribution in [0.2, 0.25) is 0 Å². The molecule has 0 spiro atoms. The Morgan fingerprint density at radius 3 is 2.48 bits per heavy atom. The SMILES string of the molecule is CCc1ccc(C(=O)C(C)Oc2ccc(Br)c(F)c2)cc1. The molecule has 2 rings (SSSR count). The van der Waals surface area contributed by atoms with Gasteiger partial charge in [-0.2, -0.15) is 0 Å². The minimum Gasteiger partial charge on any atom is -0.482 e. The van der Waals surface area contributed by atoms with Crippen LogP contribution in [0.1, 0.15) is 29.8 Å². The summed E-state index contributed by atoms with van der Waals surface area (Å²) in [5, 5.41) is 0. The molecule has 0 bridgehead atoms. The predicted molar refractivity (Wildman–Crippen MR) is 84.3 cm³/mol. The fourth-order valence-corrected chi connectivity index (χ4v) is 2.19. The topological polar surface area (TPSA) is 26.3 Å². The molecule has 110 valence electrons. The summed E-state index contributed by atoms with van der Waals surface area (Å²) < 4.78 is 19.3. The van der Waals surface area contributed by atoms with Crippen molar-refractivity contribution in [1.82, 2.24) is 0 Å². The molecule has 0 saturated heterocycles. The van der Waals surface area contributed by atoms with Crippen LogP contribution in [0.4, 0.5) is 4.39 Å². The zero-order chi connectivity index (χ0) is 15.4. The Morgan fingerprint density at radius 2 is 1.90 bits per heavy atom. The fraction of sp³-hybridized carbons (Fsp3) is 0.235. The third-order valence-corrected chi connectivity index (χ3v) is 3.86. The third-order valence-electron chi connectivity index (χ3n) is 3.22. The lowest BCUT2D eigenvalue weighted by Gasteiger charge is -2.14. The van der Waals surface area contributed by atoms with E-state index in [9.17, 15) is 9.18 Å². The number of Topliss-reactive ketones (excluding diaryl/α,β-unsaturated/α-hetero) is 1. The Hall–Kier alpha value is -1.68.